The highest BCUT2D eigenvalue weighted by atomic mass is 32.2. The number of hydrogen-bond acceptors (Lipinski definition) is 18. The molecule has 8 N–H and O–H groups in total. The molecule has 1 saturated heterocycles. The van der Waals surface area contributed by atoms with E-state index >= 15 is 0 Å². The van der Waals surface area contributed by atoms with Gasteiger partial charge in [-0.1, -0.05) is 31.9 Å². The summed E-state index contributed by atoms with van der Waals surface area (Å²) >= 11 is 0.890. The van der Waals surface area contributed by atoms with Gasteiger partial charge in [-0.2, -0.15) is 4.98 Å². The molecule has 2 unspecified atom stereocenters. The average Bonchev–Trinajstić information content (AvgIpc) is 3.74. The Kier molecular flexibility index (Phi) is 27.0. The van der Waals surface area contributed by atoms with Crippen LogP contribution in [0.25, 0.3) is 11.0 Å². The summed E-state index contributed by atoms with van der Waals surface area (Å²) in [5.74, 6) is -1.12. The third kappa shape index (κ3) is 21.8. The summed E-state index contributed by atoms with van der Waals surface area (Å²) in [6.45, 7) is 10.9. The predicted octanol–water partition coefficient (Wildman–Crippen LogP) is 2.61. The predicted molar refractivity (Wildman–Crippen MR) is 260 cm³/mol. The van der Waals surface area contributed by atoms with Crippen molar-refractivity contribution in [3.8, 4) is 5.75 Å². The number of nitrogen functional groups attached to an aromatic ring is 1. The van der Waals surface area contributed by atoms with Gasteiger partial charge in [0.1, 0.15) is 23.9 Å². The van der Waals surface area contributed by atoms with Crippen LogP contribution in [0.2, 0.25) is 0 Å². The number of ether oxygens (including phenoxy) is 5. The Hall–Kier alpha value is -4.85. The van der Waals surface area contributed by atoms with Crippen molar-refractivity contribution >= 4 is 58.3 Å². The molecule has 1 fully saturated rings. The molecule has 1 aromatic carbocycles. The normalized spacial score (nSPS) is 13.9. The second-order valence-electron chi connectivity index (χ2n) is 16.3. The zero-order chi connectivity index (χ0) is 49.6. The SMILES string of the molecule is CCCCCNc1nc(N)nc2ccn(Cc3ccc(CN4CCN(C(=O)CCOCCOCCOOCCCCOCCOCCNC(=O)C(CC(=O)O)SCC(N)C(=O)O)CC4)cc3OC)c12. The molecule has 0 spiro atoms. The molecule has 3 aromatic rings. The molecule has 386 valence electrons. The number of nitrogens with zero attached hydrogens (tertiary/aromatic N) is 5. The summed E-state index contributed by atoms with van der Waals surface area (Å²) in [7, 11) is 1.69. The number of fused-ring (bicyclic) bond motifs is 1. The number of amides is 2. The van der Waals surface area contributed by atoms with E-state index in [1.807, 2.05) is 17.2 Å². The summed E-state index contributed by atoms with van der Waals surface area (Å²) < 4.78 is 30.1. The molecule has 0 saturated carbocycles. The number of hydrogen-bond donors (Lipinski definition) is 6. The van der Waals surface area contributed by atoms with Gasteiger partial charge in [-0.3, -0.25) is 24.1 Å². The van der Waals surface area contributed by atoms with Gasteiger partial charge in [0.25, 0.3) is 0 Å². The fourth-order valence-corrected chi connectivity index (χ4v) is 8.23. The first-order valence-electron chi connectivity index (χ1n) is 23.7. The highest BCUT2D eigenvalue weighted by molar-refractivity contribution is 8.00. The van der Waals surface area contributed by atoms with E-state index in [0.29, 0.717) is 78.9 Å². The third-order valence-corrected chi connectivity index (χ3v) is 12.2. The van der Waals surface area contributed by atoms with Crippen molar-refractivity contribution in [2.24, 2.45) is 5.73 Å². The quantitative estimate of drug-likeness (QED) is 0.0273. The van der Waals surface area contributed by atoms with E-state index in [4.69, 9.17) is 55.1 Å². The van der Waals surface area contributed by atoms with Crippen LogP contribution in [0.1, 0.15) is 63.0 Å². The number of rotatable bonds is 38. The van der Waals surface area contributed by atoms with Gasteiger partial charge in [-0.25, -0.2) is 14.8 Å². The minimum absolute atomic E-state index is 0.0833. The van der Waals surface area contributed by atoms with Crippen LogP contribution in [0, 0.1) is 0 Å². The van der Waals surface area contributed by atoms with Crippen molar-refractivity contribution < 1.29 is 62.9 Å². The fourth-order valence-electron chi connectivity index (χ4n) is 7.15. The average molecular weight is 992 g/mol. The maximum absolute atomic E-state index is 12.9. The molecular weight excluding hydrogens is 919 g/mol. The second kappa shape index (κ2) is 32.9. The van der Waals surface area contributed by atoms with Crippen LogP contribution in [-0.4, -0.2) is 188 Å². The van der Waals surface area contributed by atoms with Crippen molar-refractivity contribution in [2.75, 3.05) is 129 Å². The minimum Gasteiger partial charge on any atom is -0.496 e. The molecular formula is C46H73N9O13S. The first kappa shape index (κ1) is 56.7. The Morgan fingerprint density at radius 2 is 1.51 bits per heavy atom. The lowest BCUT2D eigenvalue weighted by Crippen LogP contribution is -2.48. The number of carbonyl (C=O) groups excluding carboxylic acids is 2. The Balaban J connectivity index is 0.950. The molecule has 1 aliphatic rings. The molecule has 2 amide bonds. The van der Waals surface area contributed by atoms with Crippen LogP contribution >= 0.6 is 11.8 Å². The van der Waals surface area contributed by atoms with Crippen molar-refractivity contribution in [1.82, 2.24) is 29.7 Å². The van der Waals surface area contributed by atoms with E-state index in [2.05, 4.69) is 55.2 Å². The van der Waals surface area contributed by atoms with Gasteiger partial charge in [0.2, 0.25) is 17.8 Å². The lowest BCUT2D eigenvalue weighted by Gasteiger charge is -2.35. The highest BCUT2D eigenvalue weighted by Gasteiger charge is 2.25. The molecule has 23 heteroatoms. The van der Waals surface area contributed by atoms with Gasteiger partial charge in [0, 0.05) is 69.9 Å². The van der Waals surface area contributed by atoms with E-state index < -0.39 is 35.6 Å². The molecule has 0 bridgehead atoms. The summed E-state index contributed by atoms with van der Waals surface area (Å²) in [6, 6.07) is 7.12. The number of nitrogens with two attached hydrogens (primary N) is 2. The third-order valence-electron chi connectivity index (χ3n) is 10.9. The maximum Gasteiger partial charge on any atom is 0.321 e. The Bertz CT molecular complexity index is 1990. The zero-order valence-corrected chi connectivity index (χ0v) is 40.9. The molecule has 69 heavy (non-hydrogen) atoms. The summed E-state index contributed by atoms with van der Waals surface area (Å²) in [6.07, 6.45) is 6.70. The molecule has 2 atom stereocenters. The molecule has 0 radical (unpaired) electrons. The van der Waals surface area contributed by atoms with Crippen LogP contribution in [0.3, 0.4) is 0 Å². The molecule has 22 nitrogen and oxygen atoms in total. The van der Waals surface area contributed by atoms with Crippen molar-refractivity contribution in [3.63, 3.8) is 0 Å². The Morgan fingerprint density at radius 1 is 0.812 bits per heavy atom. The molecule has 1 aliphatic heterocycles. The summed E-state index contributed by atoms with van der Waals surface area (Å²) in [4.78, 5) is 70.7. The van der Waals surface area contributed by atoms with E-state index in [1.54, 1.807) is 7.11 Å². The molecule has 0 aliphatic carbocycles. The first-order valence-corrected chi connectivity index (χ1v) is 24.7. The lowest BCUT2D eigenvalue weighted by molar-refractivity contribution is -0.299. The van der Waals surface area contributed by atoms with Gasteiger partial charge in [-0.15, -0.1) is 11.8 Å². The van der Waals surface area contributed by atoms with E-state index in [1.165, 1.54) is 0 Å². The van der Waals surface area contributed by atoms with Crippen molar-refractivity contribution in [1.29, 1.82) is 0 Å². The minimum atomic E-state index is -1.22. The van der Waals surface area contributed by atoms with Crippen LogP contribution in [-0.2, 0) is 61.0 Å². The second-order valence-corrected chi connectivity index (χ2v) is 17.5. The monoisotopic (exact) mass is 992 g/mol. The van der Waals surface area contributed by atoms with Crippen LogP contribution < -0.4 is 26.8 Å². The standard InChI is InChI=1S/C46H73N9O13S/c1-3-4-5-12-49-43-42-37(51-46(48)52-43)10-14-55(42)32-35-9-8-34(29-38(35)62-2)31-53-15-17-54(18-16-53)40(56)11-21-64-24-26-66-27-28-68-67-20-7-6-19-63-23-25-65-22-13-50-44(59)39(30-41(57)58)69-33-36(47)45(60)61/h8-10,14,29,36,39H,3-7,11-13,15-28,30-33,47H2,1-2H3,(H,50,59)(H,57,58)(H,60,61)(H3,48,49,51,52). The summed E-state index contributed by atoms with van der Waals surface area (Å²) in [5.41, 5.74) is 15.4. The molecule has 4 rings (SSSR count). The van der Waals surface area contributed by atoms with Gasteiger partial charge in [0.05, 0.1) is 90.1 Å². The number of benzene rings is 1. The molecule has 2 aromatic heterocycles. The number of carboxylic acid groups (broad SMARTS) is 2. The smallest absolute Gasteiger partial charge is 0.321 e. The largest absolute Gasteiger partial charge is 0.496 e. The fraction of sp³-hybridized carbons (Fsp3) is 0.652. The first-order chi connectivity index (χ1) is 33.5. The van der Waals surface area contributed by atoms with Crippen molar-refractivity contribution in [3.05, 3.63) is 41.6 Å². The lowest BCUT2D eigenvalue weighted by atomic mass is 10.1. The van der Waals surface area contributed by atoms with Gasteiger partial charge >= 0.3 is 11.9 Å². The number of anilines is 2. The van der Waals surface area contributed by atoms with Crippen LogP contribution in [0.4, 0.5) is 11.8 Å². The van der Waals surface area contributed by atoms with E-state index in [9.17, 15) is 19.2 Å². The number of methoxy groups -OCH3 is 1. The number of aromatic nitrogens is 3. The van der Waals surface area contributed by atoms with Gasteiger partial charge in [0.15, 0.2) is 5.82 Å². The number of piperazine rings is 1. The number of nitrogens with one attached hydrogen (secondary N) is 2. The Labute approximate surface area is 408 Å². The number of thioether (sulfide) groups is 1. The number of aliphatic carboxylic acids is 2. The van der Waals surface area contributed by atoms with Crippen LogP contribution in [0.15, 0.2) is 30.5 Å². The van der Waals surface area contributed by atoms with Crippen LogP contribution in [0.5, 0.6) is 5.75 Å². The highest BCUT2D eigenvalue weighted by Crippen LogP contribution is 2.28. The Morgan fingerprint density at radius 3 is 2.23 bits per heavy atom. The zero-order valence-electron chi connectivity index (χ0n) is 40.1. The van der Waals surface area contributed by atoms with E-state index in [-0.39, 0.29) is 37.4 Å². The summed E-state index contributed by atoms with van der Waals surface area (Å²) in [5, 5.41) is 23.0. The van der Waals surface area contributed by atoms with Gasteiger partial charge in [-0.05, 0) is 37.0 Å². The number of carbonyl (C=O) groups is 4. The molecule has 3 heterocycles. The van der Waals surface area contributed by atoms with E-state index in [0.717, 1.165) is 104 Å². The van der Waals surface area contributed by atoms with Crippen molar-refractivity contribution in [2.45, 2.75) is 76.3 Å². The van der Waals surface area contributed by atoms with Gasteiger partial charge < -0.3 is 65.5 Å². The topological polar surface area (TPSA) is 287 Å². The maximum atomic E-state index is 12.9. The number of carboxylic acids is 2. The number of unbranched alkanes of at least 4 members (excludes halogenated alkanes) is 3.